The Kier molecular flexibility index (Phi) is 2.57. The molecule has 0 spiro atoms. The number of rotatable bonds is 2. The molecule has 3 heterocycles. The van der Waals surface area contributed by atoms with Crippen molar-refractivity contribution < 1.29 is 14.2 Å². The van der Waals surface area contributed by atoms with Crippen molar-refractivity contribution in [3.8, 4) is 0 Å². The third-order valence-corrected chi connectivity index (χ3v) is 2.77. The van der Waals surface area contributed by atoms with Crippen molar-refractivity contribution >= 4 is 17.1 Å². The monoisotopic (exact) mass is 267 g/mol. The SMILES string of the molecule is Nc1nc2c(ncn2[C@@H]2O[C@@H](CO)C=C2F)c(=O)[nH]1. The van der Waals surface area contributed by atoms with Gasteiger partial charge in [0.1, 0.15) is 11.9 Å². The predicted octanol–water partition coefficient (Wildman–Crippen LogP) is -0.555. The molecule has 0 saturated carbocycles. The fraction of sp³-hybridized carbons (Fsp3) is 0.300. The molecule has 0 amide bonds. The van der Waals surface area contributed by atoms with Crippen molar-refractivity contribution in [3.63, 3.8) is 0 Å². The quantitative estimate of drug-likeness (QED) is 0.671. The third kappa shape index (κ3) is 1.79. The molecule has 4 N–H and O–H groups in total. The van der Waals surface area contributed by atoms with Crippen LogP contribution in [0.4, 0.5) is 10.3 Å². The van der Waals surface area contributed by atoms with Crippen LogP contribution in [0.1, 0.15) is 6.23 Å². The molecule has 0 radical (unpaired) electrons. The number of H-pyrrole nitrogens is 1. The van der Waals surface area contributed by atoms with Gasteiger partial charge in [0, 0.05) is 0 Å². The number of aliphatic hydroxyl groups excluding tert-OH is 1. The van der Waals surface area contributed by atoms with Crippen molar-refractivity contribution in [1.29, 1.82) is 0 Å². The average molecular weight is 267 g/mol. The van der Waals surface area contributed by atoms with Gasteiger partial charge < -0.3 is 15.6 Å². The van der Waals surface area contributed by atoms with Crippen molar-refractivity contribution in [1.82, 2.24) is 19.5 Å². The van der Waals surface area contributed by atoms with Gasteiger partial charge in [-0.05, 0) is 6.08 Å². The van der Waals surface area contributed by atoms with Gasteiger partial charge in [-0.2, -0.15) is 4.98 Å². The minimum atomic E-state index is -1.10. The molecule has 0 bridgehead atoms. The normalized spacial score (nSPS) is 22.9. The maximum atomic E-state index is 13.7. The predicted molar refractivity (Wildman–Crippen MR) is 62.7 cm³/mol. The van der Waals surface area contributed by atoms with E-state index in [0.717, 1.165) is 6.08 Å². The van der Waals surface area contributed by atoms with E-state index in [1.54, 1.807) is 0 Å². The molecule has 3 rings (SSSR count). The molecular weight excluding hydrogens is 257 g/mol. The summed E-state index contributed by atoms with van der Waals surface area (Å²) in [5.74, 6) is -0.681. The first kappa shape index (κ1) is 11.8. The standard InChI is InChI=1S/C10H10FN5O3/c11-5-1-4(2-17)19-9(5)16-3-13-6-7(16)14-10(12)15-8(6)18/h1,3-4,9,17H,2H2,(H3,12,14,15,18)/t4-,9-/m1/s1. The molecule has 19 heavy (non-hydrogen) atoms. The Balaban J connectivity index is 2.12. The van der Waals surface area contributed by atoms with Crippen molar-refractivity contribution in [2.45, 2.75) is 12.3 Å². The first-order valence-corrected chi connectivity index (χ1v) is 5.46. The lowest BCUT2D eigenvalue weighted by atomic mass is 10.3. The molecule has 0 saturated heterocycles. The molecule has 2 aromatic heterocycles. The van der Waals surface area contributed by atoms with Crippen LogP contribution >= 0.6 is 0 Å². The average Bonchev–Trinajstić information content (AvgIpc) is 2.92. The van der Waals surface area contributed by atoms with E-state index in [2.05, 4.69) is 15.0 Å². The van der Waals surface area contributed by atoms with Crippen LogP contribution in [0.3, 0.4) is 0 Å². The van der Waals surface area contributed by atoms with Gasteiger partial charge in [0.2, 0.25) is 5.95 Å². The minimum Gasteiger partial charge on any atom is -0.393 e. The Morgan fingerprint density at radius 2 is 2.42 bits per heavy atom. The highest BCUT2D eigenvalue weighted by Gasteiger charge is 2.30. The van der Waals surface area contributed by atoms with Crippen LogP contribution in [0.5, 0.6) is 0 Å². The summed E-state index contributed by atoms with van der Waals surface area (Å²) in [5, 5.41) is 8.95. The van der Waals surface area contributed by atoms with E-state index in [1.807, 2.05) is 0 Å². The second kappa shape index (κ2) is 4.14. The first-order chi connectivity index (χ1) is 9.10. The number of aromatic amines is 1. The molecule has 8 nitrogen and oxygen atoms in total. The van der Waals surface area contributed by atoms with E-state index in [1.165, 1.54) is 10.9 Å². The summed E-state index contributed by atoms with van der Waals surface area (Å²) in [6.45, 7) is -0.341. The highest BCUT2D eigenvalue weighted by Crippen LogP contribution is 2.31. The summed E-state index contributed by atoms with van der Waals surface area (Å²) < 4.78 is 20.3. The zero-order valence-corrected chi connectivity index (χ0v) is 9.58. The van der Waals surface area contributed by atoms with Gasteiger partial charge in [0.05, 0.1) is 12.9 Å². The number of anilines is 1. The molecule has 1 aliphatic rings. The number of nitrogens with zero attached hydrogens (tertiary/aromatic N) is 3. The maximum Gasteiger partial charge on any atom is 0.280 e. The second-order valence-corrected chi connectivity index (χ2v) is 4.04. The first-order valence-electron chi connectivity index (χ1n) is 5.46. The Morgan fingerprint density at radius 1 is 1.63 bits per heavy atom. The van der Waals surface area contributed by atoms with E-state index in [-0.39, 0.29) is 23.7 Å². The summed E-state index contributed by atoms with van der Waals surface area (Å²) in [5.41, 5.74) is 5.09. The van der Waals surface area contributed by atoms with Gasteiger partial charge in [-0.1, -0.05) is 0 Å². The topological polar surface area (TPSA) is 119 Å². The Labute approximate surface area is 105 Å². The molecule has 0 aliphatic carbocycles. The molecule has 0 unspecified atom stereocenters. The highest BCUT2D eigenvalue weighted by molar-refractivity contribution is 5.70. The van der Waals surface area contributed by atoms with Gasteiger partial charge in [0.15, 0.2) is 17.4 Å². The highest BCUT2D eigenvalue weighted by atomic mass is 19.1. The molecule has 9 heteroatoms. The summed E-state index contributed by atoms with van der Waals surface area (Å²) in [6, 6.07) is 0. The van der Waals surface area contributed by atoms with E-state index in [0.29, 0.717) is 0 Å². The summed E-state index contributed by atoms with van der Waals surface area (Å²) in [4.78, 5) is 21.7. The van der Waals surface area contributed by atoms with Crippen LogP contribution in [0.15, 0.2) is 23.0 Å². The van der Waals surface area contributed by atoms with Crippen molar-refractivity contribution in [2.24, 2.45) is 0 Å². The number of nitrogen functional groups attached to an aromatic ring is 1. The van der Waals surface area contributed by atoms with Crippen LogP contribution < -0.4 is 11.3 Å². The Bertz CT molecular complexity index is 722. The van der Waals surface area contributed by atoms with Crippen molar-refractivity contribution in [2.75, 3.05) is 12.3 Å². The van der Waals surface area contributed by atoms with E-state index < -0.39 is 23.7 Å². The number of nitrogens with one attached hydrogen (secondary N) is 1. The number of aromatic nitrogens is 4. The number of hydrogen-bond acceptors (Lipinski definition) is 6. The lowest BCUT2D eigenvalue weighted by molar-refractivity contribution is -0.0174. The number of aliphatic hydroxyl groups is 1. The fourth-order valence-electron chi connectivity index (χ4n) is 1.94. The third-order valence-electron chi connectivity index (χ3n) is 2.77. The lowest BCUT2D eigenvalue weighted by Crippen LogP contribution is -2.17. The molecule has 2 aromatic rings. The molecule has 0 aromatic carbocycles. The molecule has 2 atom stereocenters. The number of imidazole rings is 1. The molecule has 100 valence electrons. The summed E-state index contributed by atoms with van der Waals surface area (Å²) in [6.07, 6.45) is 0.565. The van der Waals surface area contributed by atoms with Gasteiger partial charge in [-0.15, -0.1) is 0 Å². The van der Waals surface area contributed by atoms with Crippen LogP contribution in [-0.4, -0.2) is 37.3 Å². The number of hydrogen-bond donors (Lipinski definition) is 3. The van der Waals surface area contributed by atoms with E-state index in [4.69, 9.17) is 15.6 Å². The van der Waals surface area contributed by atoms with Crippen molar-refractivity contribution in [3.05, 3.63) is 28.6 Å². The van der Waals surface area contributed by atoms with Gasteiger partial charge >= 0.3 is 0 Å². The molecule has 0 fully saturated rings. The number of halogens is 1. The maximum absolute atomic E-state index is 13.7. The molecular formula is C10H10FN5O3. The zero-order valence-electron chi connectivity index (χ0n) is 9.58. The molecule has 1 aliphatic heterocycles. The van der Waals surface area contributed by atoms with E-state index >= 15 is 0 Å². The number of ether oxygens (including phenoxy) is 1. The second-order valence-electron chi connectivity index (χ2n) is 4.04. The summed E-state index contributed by atoms with van der Waals surface area (Å²) >= 11 is 0. The van der Waals surface area contributed by atoms with Crippen LogP contribution in [0, 0.1) is 0 Å². The van der Waals surface area contributed by atoms with Crippen LogP contribution in [-0.2, 0) is 4.74 Å². The van der Waals surface area contributed by atoms with Crippen LogP contribution in [0.25, 0.3) is 11.2 Å². The van der Waals surface area contributed by atoms with Gasteiger partial charge in [-0.25, -0.2) is 9.37 Å². The summed E-state index contributed by atoms with van der Waals surface area (Å²) in [7, 11) is 0. The van der Waals surface area contributed by atoms with E-state index in [9.17, 15) is 9.18 Å². The number of nitrogens with two attached hydrogens (primary N) is 1. The van der Waals surface area contributed by atoms with Crippen LogP contribution in [0.2, 0.25) is 0 Å². The van der Waals surface area contributed by atoms with Gasteiger partial charge in [0.25, 0.3) is 5.56 Å². The fourth-order valence-corrected chi connectivity index (χ4v) is 1.94. The zero-order chi connectivity index (χ0) is 13.6. The lowest BCUT2D eigenvalue weighted by Gasteiger charge is -2.14. The Morgan fingerprint density at radius 3 is 3.11 bits per heavy atom. The largest absolute Gasteiger partial charge is 0.393 e. The Hall–Kier alpha value is -2.26. The minimum absolute atomic E-state index is 0.0399. The number of fused-ring (bicyclic) bond motifs is 1. The van der Waals surface area contributed by atoms with Gasteiger partial charge in [-0.3, -0.25) is 14.3 Å². The smallest absolute Gasteiger partial charge is 0.280 e.